The van der Waals surface area contributed by atoms with Crippen LogP contribution in [0.25, 0.3) is 0 Å². The van der Waals surface area contributed by atoms with Gasteiger partial charge in [0.05, 0.1) is 31.3 Å². The van der Waals surface area contributed by atoms with E-state index in [9.17, 15) is 35.4 Å². The quantitative estimate of drug-likeness (QED) is 0.0865. The zero-order valence-electron chi connectivity index (χ0n) is 28.5. The van der Waals surface area contributed by atoms with E-state index in [2.05, 4.69) is 12.2 Å². The van der Waals surface area contributed by atoms with Crippen molar-refractivity contribution in [3.05, 3.63) is 71.8 Å². The van der Waals surface area contributed by atoms with Crippen molar-refractivity contribution in [1.29, 1.82) is 0 Å². The van der Waals surface area contributed by atoms with Crippen LogP contribution >= 0.6 is 0 Å². The van der Waals surface area contributed by atoms with Gasteiger partial charge in [-0.2, -0.15) is 0 Å². The first kappa shape index (κ1) is 40.0. The van der Waals surface area contributed by atoms with E-state index in [1.54, 1.807) is 0 Å². The molecule has 10 nitrogen and oxygen atoms in total. The van der Waals surface area contributed by atoms with Crippen LogP contribution in [0.5, 0.6) is 0 Å². The van der Waals surface area contributed by atoms with Gasteiger partial charge in [-0.15, -0.1) is 0 Å². The molecule has 1 heterocycles. The summed E-state index contributed by atoms with van der Waals surface area (Å²) in [6.45, 7) is 1.22. The molecule has 1 aliphatic heterocycles. The van der Waals surface area contributed by atoms with Crippen molar-refractivity contribution >= 4 is 5.91 Å². The predicted molar refractivity (Wildman–Crippen MR) is 184 cm³/mol. The molecule has 0 aromatic heterocycles. The number of amides is 1. The van der Waals surface area contributed by atoms with Gasteiger partial charge in [0.2, 0.25) is 5.91 Å². The fourth-order valence-electron chi connectivity index (χ4n) is 6.31. The molecule has 0 bridgehead atoms. The number of benzene rings is 2. The summed E-state index contributed by atoms with van der Waals surface area (Å²) >= 11 is 0. The van der Waals surface area contributed by atoms with Crippen molar-refractivity contribution in [1.82, 2.24) is 5.32 Å². The van der Waals surface area contributed by atoms with Crippen LogP contribution in [0, 0.1) is 0 Å². The first-order valence-electron chi connectivity index (χ1n) is 18.0. The molecule has 1 fully saturated rings. The zero-order valence-corrected chi connectivity index (χ0v) is 28.5. The van der Waals surface area contributed by atoms with Crippen LogP contribution < -0.4 is 5.32 Å². The largest absolute Gasteiger partial charge is 0.394 e. The van der Waals surface area contributed by atoms with Gasteiger partial charge < -0.3 is 45.4 Å². The van der Waals surface area contributed by atoms with Gasteiger partial charge in [0.25, 0.3) is 0 Å². The minimum atomic E-state index is -1.65. The molecule has 1 aliphatic rings. The van der Waals surface area contributed by atoms with Crippen molar-refractivity contribution < 1.29 is 44.9 Å². The Bertz CT molecular complexity index is 1080. The third-order valence-corrected chi connectivity index (χ3v) is 9.30. The summed E-state index contributed by atoms with van der Waals surface area (Å²) in [5.74, 6) is -1.14. The summed E-state index contributed by atoms with van der Waals surface area (Å²) in [6.07, 6.45) is 4.34. The third kappa shape index (κ3) is 12.8. The standard InChI is InChI=1S/C38H59NO9/c1-2-3-4-5-6-7-8-9-10-11-12-19-24-30(41)33(42)29(26-47-38-36(45)35(44)34(43)31(25-40)48-38)39-37(46)32(27-20-15-13-16-21-27)28-22-17-14-18-23-28/h13-18,20-23,29-36,38,40-45H,2-12,19,24-26H2,1H3,(H,39,46)/t29-,30+,31?,33-,34?,35?,36?,38?/m0/s1. The summed E-state index contributed by atoms with van der Waals surface area (Å²) in [4.78, 5) is 13.9. The van der Waals surface area contributed by atoms with Crippen molar-refractivity contribution in [2.45, 2.75) is 145 Å². The van der Waals surface area contributed by atoms with E-state index in [1.165, 1.54) is 51.4 Å². The van der Waals surface area contributed by atoms with Gasteiger partial charge >= 0.3 is 0 Å². The van der Waals surface area contributed by atoms with Crippen LogP contribution in [0.1, 0.15) is 107 Å². The number of carbonyl (C=O) groups is 1. The number of aliphatic hydroxyl groups is 6. The van der Waals surface area contributed by atoms with E-state index in [0.29, 0.717) is 12.8 Å². The smallest absolute Gasteiger partial charge is 0.232 e. The van der Waals surface area contributed by atoms with Crippen LogP contribution in [0.2, 0.25) is 0 Å². The molecule has 7 N–H and O–H groups in total. The fourth-order valence-corrected chi connectivity index (χ4v) is 6.31. The predicted octanol–water partition coefficient (Wildman–Crippen LogP) is 3.93. The maximum atomic E-state index is 13.9. The highest BCUT2D eigenvalue weighted by atomic mass is 16.7. The molecule has 1 saturated heterocycles. The first-order chi connectivity index (χ1) is 23.3. The molecule has 2 aromatic carbocycles. The summed E-state index contributed by atoms with van der Waals surface area (Å²) in [5, 5.41) is 65.6. The van der Waals surface area contributed by atoms with E-state index in [-0.39, 0.29) is 6.61 Å². The molecule has 0 radical (unpaired) electrons. The SMILES string of the molecule is CCCCCCCCCCCCCC[C@@H](O)[C@@H](O)[C@H](COC1OC(CO)C(O)C(O)C1O)NC(=O)C(c1ccccc1)c1ccccc1. The maximum absolute atomic E-state index is 13.9. The number of carbonyl (C=O) groups excluding carboxylic acids is 1. The topological polar surface area (TPSA) is 169 Å². The lowest BCUT2D eigenvalue weighted by atomic mass is 9.90. The van der Waals surface area contributed by atoms with Gasteiger partial charge in [0.15, 0.2) is 6.29 Å². The second kappa shape index (κ2) is 22.3. The molecule has 1 amide bonds. The van der Waals surface area contributed by atoms with Crippen molar-refractivity contribution in [2.75, 3.05) is 13.2 Å². The highest BCUT2D eigenvalue weighted by Crippen LogP contribution is 2.26. The molecule has 270 valence electrons. The number of nitrogens with one attached hydrogen (secondary N) is 1. The molecule has 0 saturated carbocycles. The van der Waals surface area contributed by atoms with Crippen LogP contribution in [-0.2, 0) is 14.3 Å². The molecular formula is C38H59NO9. The molecule has 0 spiro atoms. The Morgan fingerprint density at radius 2 is 1.25 bits per heavy atom. The molecule has 8 atom stereocenters. The minimum absolute atomic E-state index is 0.325. The summed E-state index contributed by atoms with van der Waals surface area (Å²) in [7, 11) is 0. The number of aliphatic hydroxyl groups excluding tert-OH is 6. The lowest BCUT2D eigenvalue weighted by Gasteiger charge is -2.40. The number of ether oxygens (including phenoxy) is 2. The lowest BCUT2D eigenvalue weighted by Crippen LogP contribution is -2.60. The Morgan fingerprint density at radius 3 is 1.75 bits per heavy atom. The Balaban J connectivity index is 1.61. The molecule has 3 rings (SSSR count). The van der Waals surface area contributed by atoms with Crippen LogP contribution in [0.4, 0.5) is 0 Å². The van der Waals surface area contributed by atoms with E-state index in [1.807, 2.05) is 60.7 Å². The highest BCUT2D eigenvalue weighted by molar-refractivity contribution is 5.87. The van der Waals surface area contributed by atoms with Gasteiger partial charge in [-0.1, -0.05) is 145 Å². The van der Waals surface area contributed by atoms with E-state index in [0.717, 1.165) is 30.4 Å². The number of rotatable bonds is 23. The van der Waals surface area contributed by atoms with Crippen molar-refractivity contribution in [2.24, 2.45) is 0 Å². The fraction of sp³-hybridized carbons (Fsp3) is 0.658. The van der Waals surface area contributed by atoms with Crippen molar-refractivity contribution in [3.63, 3.8) is 0 Å². The zero-order chi connectivity index (χ0) is 34.7. The van der Waals surface area contributed by atoms with E-state index < -0.39 is 67.4 Å². The highest BCUT2D eigenvalue weighted by Gasteiger charge is 2.44. The third-order valence-electron chi connectivity index (χ3n) is 9.30. The maximum Gasteiger partial charge on any atom is 0.232 e. The summed E-state index contributed by atoms with van der Waals surface area (Å²) < 4.78 is 11.2. The Labute approximate surface area is 286 Å². The van der Waals surface area contributed by atoms with E-state index >= 15 is 0 Å². The number of unbranched alkanes of at least 4 members (excludes halogenated alkanes) is 11. The van der Waals surface area contributed by atoms with Gasteiger partial charge in [-0.3, -0.25) is 4.79 Å². The Hall–Kier alpha value is -2.41. The Morgan fingerprint density at radius 1 is 0.750 bits per heavy atom. The molecule has 2 aromatic rings. The minimum Gasteiger partial charge on any atom is -0.394 e. The summed E-state index contributed by atoms with van der Waals surface area (Å²) in [6, 6.07) is 17.3. The molecule has 10 heteroatoms. The normalized spacial score (nSPS) is 23.1. The first-order valence-corrected chi connectivity index (χ1v) is 18.0. The molecule has 5 unspecified atom stereocenters. The van der Waals surface area contributed by atoms with Crippen LogP contribution in [0.15, 0.2) is 60.7 Å². The van der Waals surface area contributed by atoms with Gasteiger partial charge in [-0.05, 0) is 17.5 Å². The van der Waals surface area contributed by atoms with Gasteiger partial charge in [0, 0.05) is 0 Å². The second-order valence-corrected chi connectivity index (χ2v) is 13.1. The lowest BCUT2D eigenvalue weighted by molar-refractivity contribution is -0.303. The average molecular weight is 674 g/mol. The Kier molecular flexibility index (Phi) is 18.6. The molecule has 0 aliphatic carbocycles. The van der Waals surface area contributed by atoms with Crippen molar-refractivity contribution in [3.8, 4) is 0 Å². The van der Waals surface area contributed by atoms with E-state index in [4.69, 9.17) is 9.47 Å². The average Bonchev–Trinajstić information content (AvgIpc) is 3.10. The number of hydrogen-bond acceptors (Lipinski definition) is 9. The number of hydrogen-bond donors (Lipinski definition) is 7. The molecular weight excluding hydrogens is 614 g/mol. The monoisotopic (exact) mass is 673 g/mol. The van der Waals surface area contributed by atoms with Crippen LogP contribution in [0.3, 0.4) is 0 Å². The molecule has 48 heavy (non-hydrogen) atoms. The second-order valence-electron chi connectivity index (χ2n) is 13.1. The van der Waals surface area contributed by atoms with Crippen LogP contribution in [-0.4, -0.2) is 98.7 Å². The van der Waals surface area contributed by atoms with Gasteiger partial charge in [-0.25, -0.2) is 0 Å². The summed E-state index contributed by atoms with van der Waals surface area (Å²) in [5.41, 5.74) is 1.47. The van der Waals surface area contributed by atoms with Gasteiger partial charge in [0.1, 0.15) is 30.5 Å².